The lowest BCUT2D eigenvalue weighted by Crippen LogP contribution is -2.41. The molecule has 0 unspecified atom stereocenters. The van der Waals surface area contributed by atoms with Gasteiger partial charge in [0.25, 0.3) is 0 Å². The first kappa shape index (κ1) is 16.5. The van der Waals surface area contributed by atoms with Crippen LogP contribution in [0.25, 0.3) is 0 Å². The van der Waals surface area contributed by atoms with Gasteiger partial charge in [0.15, 0.2) is 0 Å². The number of rotatable bonds is 4. The largest absolute Gasteiger partial charge is 0.378 e. The molecule has 0 bridgehead atoms. The maximum absolute atomic E-state index is 12.2. The van der Waals surface area contributed by atoms with Gasteiger partial charge in [0.1, 0.15) is 5.82 Å². The fraction of sp³-hybridized carbons (Fsp3) is 0.778. The summed E-state index contributed by atoms with van der Waals surface area (Å²) in [5.74, 6) is 1.31. The Morgan fingerprint density at radius 1 is 1.43 bits per heavy atom. The number of hydrogen-bond donors (Lipinski definition) is 1. The molecular weight excluding hydrogens is 290 g/mol. The quantitative estimate of drug-likeness (QED) is 0.928. The fourth-order valence-corrected chi connectivity index (χ4v) is 3.39. The zero-order chi connectivity index (χ0) is 16.4. The van der Waals surface area contributed by atoms with Crippen LogP contribution in [0, 0.1) is 0 Å². The van der Waals surface area contributed by atoms with Crippen molar-refractivity contribution in [2.24, 2.45) is 0 Å². The molecule has 128 valence electrons. The molecule has 0 aromatic carbocycles. The average molecular weight is 319 g/mol. The summed E-state index contributed by atoms with van der Waals surface area (Å²) in [6, 6.07) is 0.224. The minimum Gasteiger partial charge on any atom is -0.378 e. The van der Waals surface area contributed by atoms with Gasteiger partial charge in [-0.05, 0) is 25.7 Å². The van der Waals surface area contributed by atoms with Crippen LogP contribution in [-0.4, -0.2) is 34.2 Å². The van der Waals surface area contributed by atoms with E-state index in [9.17, 15) is 4.79 Å². The molecule has 5 heteroatoms. The Balaban J connectivity index is 1.50. The van der Waals surface area contributed by atoms with Crippen molar-refractivity contribution in [2.75, 3.05) is 6.61 Å². The standard InChI is InChI=1S/C18H29N3O2/c1-18(2,3)15-12-21-11-13(6-8-16(21)20-15)19-17(22)9-7-14-5-4-10-23-14/h12-14H,4-11H2,1-3H3,(H,19,22)/t13-,14+/m0/s1. The van der Waals surface area contributed by atoms with E-state index in [-0.39, 0.29) is 17.4 Å². The maximum Gasteiger partial charge on any atom is 0.220 e. The van der Waals surface area contributed by atoms with Crippen molar-refractivity contribution in [3.05, 3.63) is 17.7 Å². The van der Waals surface area contributed by atoms with Crippen LogP contribution in [0.15, 0.2) is 6.20 Å². The summed E-state index contributed by atoms with van der Waals surface area (Å²) in [6.45, 7) is 8.25. The number of nitrogens with one attached hydrogen (secondary N) is 1. The Hall–Kier alpha value is -1.36. The number of carbonyl (C=O) groups excluding carboxylic acids is 1. The summed E-state index contributed by atoms with van der Waals surface area (Å²) in [5.41, 5.74) is 1.21. The number of nitrogens with zero attached hydrogens (tertiary/aromatic N) is 2. The van der Waals surface area contributed by atoms with Gasteiger partial charge in [-0.2, -0.15) is 0 Å². The van der Waals surface area contributed by atoms with Gasteiger partial charge in [-0.3, -0.25) is 4.79 Å². The number of carbonyl (C=O) groups is 1. The second kappa shape index (κ2) is 6.63. The van der Waals surface area contributed by atoms with Crippen molar-refractivity contribution < 1.29 is 9.53 Å². The number of hydrogen-bond acceptors (Lipinski definition) is 3. The lowest BCUT2D eigenvalue weighted by atomic mass is 9.93. The minimum absolute atomic E-state index is 0.0738. The van der Waals surface area contributed by atoms with Gasteiger partial charge in [0.05, 0.1) is 11.8 Å². The molecule has 1 amide bonds. The van der Waals surface area contributed by atoms with Crippen LogP contribution >= 0.6 is 0 Å². The molecule has 0 spiro atoms. The Morgan fingerprint density at radius 2 is 2.26 bits per heavy atom. The Morgan fingerprint density at radius 3 is 2.96 bits per heavy atom. The van der Waals surface area contributed by atoms with Crippen molar-refractivity contribution in [1.82, 2.24) is 14.9 Å². The highest BCUT2D eigenvalue weighted by Crippen LogP contribution is 2.24. The Kier molecular flexibility index (Phi) is 4.76. The molecular formula is C18H29N3O2. The SMILES string of the molecule is CC(C)(C)c1cn2c(n1)CC[C@H](NC(=O)CC[C@H]1CCCO1)C2. The summed E-state index contributed by atoms with van der Waals surface area (Å²) in [6.07, 6.45) is 8.02. The van der Waals surface area contributed by atoms with E-state index in [1.54, 1.807) is 0 Å². The third-order valence-corrected chi connectivity index (χ3v) is 4.84. The molecule has 5 nitrogen and oxygen atoms in total. The topological polar surface area (TPSA) is 56.2 Å². The van der Waals surface area contributed by atoms with Crippen molar-refractivity contribution in [2.45, 2.75) is 83.4 Å². The predicted molar refractivity (Wildman–Crippen MR) is 89.4 cm³/mol. The number of ether oxygens (including phenoxy) is 1. The van der Waals surface area contributed by atoms with Gasteiger partial charge in [-0.1, -0.05) is 20.8 Å². The Labute approximate surface area is 138 Å². The van der Waals surface area contributed by atoms with E-state index in [4.69, 9.17) is 9.72 Å². The lowest BCUT2D eigenvalue weighted by Gasteiger charge is -2.25. The molecule has 2 aliphatic rings. The van der Waals surface area contributed by atoms with E-state index in [0.29, 0.717) is 12.5 Å². The molecule has 0 aliphatic carbocycles. The lowest BCUT2D eigenvalue weighted by molar-refractivity contribution is -0.122. The number of imidazole rings is 1. The van der Waals surface area contributed by atoms with Gasteiger partial charge in [0.2, 0.25) is 5.91 Å². The molecule has 3 heterocycles. The first-order chi connectivity index (χ1) is 10.9. The normalized spacial score (nSPS) is 24.5. The summed E-state index contributed by atoms with van der Waals surface area (Å²) in [4.78, 5) is 16.9. The maximum atomic E-state index is 12.2. The summed E-state index contributed by atoms with van der Waals surface area (Å²) >= 11 is 0. The van der Waals surface area contributed by atoms with Gasteiger partial charge >= 0.3 is 0 Å². The van der Waals surface area contributed by atoms with E-state index in [0.717, 1.165) is 56.8 Å². The van der Waals surface area contributed by atoms with E-state index < -0.39 is 0 Å². The highest BCUT2D eigenvalue weighted by Gasteiger charge is 2.25. The van der Waals surface area contributed by atoms with Crippen LogP contribution < -0.4 is 5.32 Å². The van der Waals surface area contributed by atoms with Crippen LogP contribution in [0.5, 0.6) is 0 Å². The first-order valence-corrected chi connectivity index (χ1v) is 8.89. The van der Waals surface area contributed by atoms with Gasteiger partial charge in [-0.25, -0.2) is 4.98 Å². The third-order valence-electron chi connectivity index (χ3n) is 4.84. The minimum atomic E-state index is 0.0738. The number of amides is 1. The molecule has 1 aromatic rings. The molecule has 1 aromatic heterocycles. The predicted octanol–water partition coefficient (Wildman–Crippen LogP) is 2.57. The van der Waals surface area contributed by atoms with Crippen molar-refractivity contribution in [1.29, 1.82) is 0 Å². The van der Waals surface area contributed by atoms with Crippen molar-refractivity contribution in [3.8, 4) is 0 Å². The number of fused-ring (bicyclic) bond motifs is 1. The molecule has 1 N–H and O–H groups in total. The molecule has 0 radical (unpaired) electrons. The van der Waals surface area contributed by atoms with E-state index in [1.807, 2.05) is 0 Å². The van der Waals surface area contributed by atoms with Crippen LogP contribution in [0.4, 0.5) is 0 Å². The van der Waals surface area contributed by atoms with Crippen molar-refractivity contribution >= 4 is 5.91 Å². The van der Waals surface area contributed by atoms with Crippen LogP contribution in [0.2, 0.25) is 0 Å². The molecule has 0 saturated carbocycles. The summed E-state index contributed by atoms with van der Waals surface area (Å²) in [7, 11) is 0. The van der Waals surface area contributed by atoms with Gasteiger partial charge in [0, 0.05) is 43.6 Å². The number of aryl methyl sites for hydroxylation is 1. The van der Waals surface area contributed by atoms with Gasteiger partial charge in [-0.15, -0.1) is 0 Å². The van der Waals surface area contributed by atoms with Crippen molar-refractivity contribution in [3.63, 3.8) is 0 Å². The fourth-order valence-electron chi connectivity index (χ4n) is 3.39. The summed E-state index contributed by atoms with van der Waals surface area (Å²) in [5, 5.41) is 3.19. The Bertz CT molecular complexity index is 553. The average Bonchev–Trinajstić information content (AvgIpc) is 3.13. The smallest absolute Gasteiger partial charge is 0.220 e. The second-order valence-corrected chi connectivity index (χ2v) is 7.92. The van der Waals surface area contributed by atoms with E-state index in [2.05, 4.69) is 36.9 Å². The molecule has 2 atom stereocenters. The molecule has 1 fully saturated rings. The van der Waals surface area contributed by atoms with E-state index >= 15 is 0 Å². The van der Waals surface area contributed by atoms with Crippen LogP contribution in [-0.2, 0) is 27.9 Å². The zero-order valence-corrected chi connectivity index (χ0v) is 14.6. The third kappa shape index (κ3) is 4.14. The highest BCUT2D eigenvalue weighted by molar-refractivity contribution is 5.76. The zero-order valence-electron chi connectivity index (χ0n) is 14.6. The van der Waals surface area contributed by atoms with Crippen LogP contribution in [0.3, 0.4) is 0 Å². The highest BCUT2D eigenvalue weighted by atomic mass is 16.5. The first-order valence-electron chi connectivity index (χ1n) is 8.89. The van der Waals surface area contributed by atoms with E-state index in [1.165, 1.54) is 0 Å². The number of aromatic nitrogens is 2. The monoisotopic (exact) mass is 319 g/mol. The second-order valence-electron chi connectivity index (χ2n) is 7.92. The van der Waals surface area contributed by atoms with Crippen LogP contribution in [0.1, 0.15) is 64.4 Å². The van der Waals surface area contributed by atoms with Gasteiger partial charge < -0.3 is 14.6 Å². The summed E-state index contributed by atoms with van der Waals surface area (Å²) < 4.78 is 7.80. The molecule has 1 saturated heterocycles. The molecule has 23 heavy (non-hydrogen) atoms. The molecule has 3 rings (SSSR count). The molecule has 2 aliphatic heterocycles.